The first-order valence-corrected chi connectivity index (χ1v) is 14.8. The molecule has 9 heteroatoms. The minimum atomic E-state index is -3.21. The highest BCUT2D eigenvalue weighted by Crippen LogP contribution is 2.30. The number of amides is 1. The van der Waals surface area contributed by atoms with E-state index in [0.29, 0.717) is 30.5 Å². The van der Waals surface area contributed by atoms with E-state index in [2.05, 4.69) is 21.7 Å². The van der Waals surface area contributed by atoms with Gasteiger partial charge in [-0.25, -0.2) is 8.42 Å². The second-order valence-electron chi connectivity index (χ2n) is 10.1. The molecule has 1 unspecified atom stereocenters. The smallest absolute Gasteiger partial charge is 0.236 e. The molecule has 0 N–H and O–H groups in total. The van der Waals surface area contributed by atoms with Crippen molar-refractivity contribution in [1.29, 1.82) is 0 Å². The van der Waals surface area contributed by atoms with Crippen LogP contribution in [0.25, 0.3) is 0 Å². The van der Waals surface area contributed by atoms with Gasteiger partial charge in [0.15, 0.2) is 9.84 Å². The van der Waals surface area contributed by atoms with Gasteiger partial charge >= 0.3 is 0 Å². The Morgan fingerprint density at radius 1 is 1.20 bits per heavy atom. The van der Waals surface area contributed by atoms with Crippen LogP contribution in [0.2, 0.25) is 0 Å². The summed E-state index contributed by atoms with van der Waals surface area (Å²) < 4.78 is 23.9. The van der Waals surface area contributed by atoms with Crippen molar-refractivity contribution in [2.45, 2.75) is 64.0 Å². The summed E-state index contributed by atoms with van der Waals surface area (Å²) in [6.45, 7) is 6.72. The number of nitrogens with zero attached hydrogens (tertiary/aromatic N) is 5. The highest BCUT2D eigenvalue weighted by molar-refractivity contribution is 7.94. The lowest BCUT2D eigenvalue weighted by molar-refractivity contribution is -0.131. The Labute approximate surface area is 210 Å². The van der Waals surface area contributed by atoms with E-state index in [9.17, 15) is 13.2 Å². The predicted octanol–water partition coefficient (Wildman–Crippen LogP) is 2.53. The molecule has 4 rings (SSSR count). The second-order valence-corrected chi connectivity index (χ2v) is 12.2. The first-order chi connectivity index (χ1) is 16.7. The van der Waals surface area contributed by atoms with Crippen molar-refractivity contribution in [3.05, 3.63) is 46.4 Å². The van der Waals surface area contributed by atoms with E-state index >= 15 is 0 Å². The number of fused-ring (bicyclic) bond motifs is 1. The van der Waals surface area contributed by atoms with Gasteiger partial charge in [-0.05, 0) is 31.9 Å². The molecular weight excluding hydrogens is 462 g/mol. The lowest BCUT2D eigenvalue weighted by Gasteiger charge is -2.31. The van der Waals surface area contributed by atoms with Gasteiger partial charge in [-0.2, -0.15) is 0 Å². The molecule has 1 atom stereocenters. The van der Waals surface area contributed by atoms with Gasteiger partial charge in [-0.3, -0.25) is 24.6 Å². The molecule has 1 aromatic heterocycles. The number of carbonyl (C=O) groups excluding carboxylic acids is 1. The Bertz CT molecular complexity index is 1080. The summed E-state index contributed by atoms with van der Waals surface area (Å²) in [5, 5.41) is 0. The van der Waals surface area contributed by atoms with E-state index in [1.807, 2.05) is 18.0 Å². The van der Waals surface area contributed by atoms with Gasteiger partial charge in [0, 0.05) is 69.0 Å². The molecule has 35 heavy (non-hydrogen) atoms. The molecular formula is C26H39N5O3S. The van der Waals surface area contributed by atoms with Crippen LogP contribution in [0, 0.1) is 0 Å². The normalized spacial score (nSPS) is 21.3. The third-order valence-electron chi connectivity index (χ3n) is 7.65. The molecule has 3 aliphatic rings. The average Bonchev–Trinajstić information content (AvgIpc) is 3.38. The monoisotopic (exact) mass is 501 g/mol. The van der Waals surface area contributed by atoms with Crippen LogP contribution in [0.5, 0.6) is 0 Å². The van der Waals surface area contributed by atoms with Crippen molar-refractivity contribution < 1.29 is 13.2 Å². The molecule has 8 nitrogen and oxygen atoms in total. The summed E-state index contributed by atoms with van der Waals surface area (Å²) in [5.74, 6) is 0.0654. The molecule has 0 aromatic carbocycles. The molecule has 1 aliphatic heterocycles. The zero-order valence-electron chi connectivity index (χ0n) is 21.3. The molecule has 1 amide bonds. The molecule has 0 spiro atoms. The van der Waals surface area contributed by atoms with Crippen LogP contribution in [0.3, 0.4) is 0 Å². The summed E-state index contributed by atoms with van der Waals surface area (Å²) in [4.78, 5) is 29.4. The summed E-state index contributed by atoms with van der Waals surface area (Å²) in [6, 6.07) is 0.684. The number of sulfone groups is 1. The van der Waals surface area contributed by atoms with Crippen LogP contribution in [0.4, 0.5) is 0 Å². The van der Waals surface area contributed by atoms with E-state index in [0.717, 1.165) is 49.7 Å². The van der Waals surface area contributed by atoms with E-state index in [1.54, 1.807) is 18.3 Å². The molecule has 1 saturated carbocycles. The minimum Gasteiger partial charge on any atom is -0.343 e. The summed E-state index contributed by atoms with van der Waals surface area (Å²) in [5.41, 5.74) is 2.67. The highest BCUT2D eigenvalue weighted by atomic mass is 32.2. The number of hydrogen-bond acceptors (Lipinski definition) is 7. The zero-order valence-corrected chi connectivity index (χ0v) is 22.1. The number of allylic oxidation sites excluding steroid dienone is 4. The number of hydrogen-bond donors (Lipinski definition) is 0. The lowest BCUT2D eigenvalue weighted by Crippen LogP contribution is -2.44. The van der Waals surface area contributed by atoms with Gasteiger partial charge in [-0.15, -0.1) is 0 Å². The van der Waals surface area contributed by atoms with Gasteiger partial charge in [-0.1, -0.05) is 31.9 Å². The van der Waals surface area contributed by atoms with Crippen LogP contribution in [0.1, 0.15) is 62.0 Å². The van der Waals surface area contributed by atoms with Gasteiger partial charge < -0.3 is 4.90 Å². The molecule has 2 heterocycles. The lowest BCUT2D eigenvalue weighted by atomic mass is 9.97. The molecule has 192 valence electrons. The number of carbonyl (C=O) groups is 1. The number of likely N-dealkylation sites (N-methyl/N-ethyl adjacent to an activating group) is 2. The molecule has 0 saturated heterocycles. The summed E-state index contributed by atoms with van der Waals surface area (Å²) >= 11 is 0. The quantitative estimate of drug-likeness (QED) is 0.514. The van der Waals surface area contributed by atoms with Crippen LogP contribution in [-0.2, 0) is 27.6 Å². The fourth-order valence-electron chi connectivity index (χ4n) is 5.38. The maximum atomic E-state index is 12.9. The van der Waals surface area contributed by atoms with Gasteiger partial charge in [0.25, 0.3) is 0 Å². The largest absolute Gasteiger partial charge is 0.343 e. The third-order valence-corrected chi connectivity index (χ3v) is 8.90. The number of rotatable bonds is 9. The van der Waals surface area contributed by atoms with Crippen molar-refractivity contribution in [2.75, 3.05) is 46.0 Å². The Kier molecular flexibility index (Phi) is 8.39. The van der Waals surface area contributed by atoms with Crippen LogP contribution >= 0.6 is 0 Å². The van der Waals surface area contributed by atoms with Crippen molar-refractivity contribution in [2.24, 2.45) is 0 Å². The first kappa shape index (κ1) is 26.0. The van der Waals surface area contributed by atoms with E-state index in [1.165, 1.54) is 31.9 Å². The molecule has 0 bridgehead atoms. The second kappa shape index (κ2) is 11.3. The van der Waals surface area contributed by atoms with Gasteiger partial charge in [0.05, 0.1) is 23.6 Å². The Hall–Kier alpha value is -2.10. The summed E-state index contributed by atoms with van der Waals surface area (Å²) in [6.07, 6.45) is 14.8. The summed E-state index contributed by atoms with van der Waals surface area (Å²) in [7, 11) is -1.30. The molecule has 1 fully saturated rings. The van der Waals surface area contributed by atoms with E-state index in [4.69, 9.17) is 4.98 Å². The van der Waals surface area contributed by atoms with Crippen molar-refractivity contribution >= 4 is 15.7 Å². The van der Waals surface area contributed by atoms with Gasteiger partial charge in [0.1, 0.15) is 0 Å². The maximum absolute atomic E-state index is 12.9. The first-order valence-electron chi connectivity index (χ1n) is 12.9. The number of aromatic nitrogens is 2. The maximum Gasteiger partial charge on any atom is 0.236 e. The standard InChI is InChI=1S/C26H39N5O3S/c1-4-31(21-9-5-6-10-21)15-14-29(2)26(32)19-30-13-12-23-25(18-30)27-17-24(28-23)20-8-7-11-22(16-20)35(3,33)34/h7-8,11,17,20-21H,4-6,9-10,12-16,18-19H2,1-3H3. The minimum absolute atomic E-state index is 0.0808. The zero-order chi connectivity index (χ0) is 25.0. The molecule has 2 aliphatic carbocycles. The van der Waals surface area contributed by atoms with E-state index in [-0.39, 0.29) is 11.8 Å². The fraction of sp³-hybridized carbons (Fsp3) is 0.654. The Morgan fingerprint density at radius 3 is 2.69 bits per heavy atom. The van der Waals surface area contributed by atoms with Crippen molar-refractivity contribution in [1.82, 2.24) is 24.7 Å². The Morgan fingerprint density at radius 2 is 1.97 bits per heavy atom. The van der Waals surface area contributed by atoms with Crippen molar-refractivity contribution in [3.63, 3.8) is 0 Å². The highest BCUT2D eigenvalue weighted by Gasteiger charge is 2.26. The van der Waals surface area contributed by atoms with Gasteiger partial charge in [0.2, 0.25) is 5.91 Å². The molecule has 0 radical (unpaired) electrons. The third kappa shape index (κ3) is 6.57. The van der Waals surface area contributed by atoms with Crippen LogP contribution in [-0.4, -0.2) is 91.1 Å². The Balaban J connectivity index is 1.29. The molecule has 1 aromatic rings. The van der Waals surface area contributed by atoms with Crippen molar-refractivity contribution in [3.8, 4) is 0 Å². The average molecular weight is 502 g/mol. The van der Waals surface area contributed by atoms with Crippen LogP contribution < -0.4 is 0 Å². The fourth-order valence-corrected chi connectivity index (χ4v) is 6.19. The SMILES string of the molecule is CCN(CCN(C)C(=O)CN1CCc2nc(C3C=CC=C(S(C)(=O)=O)C3)cnc2C1)C1CCCC1. The van der Waals surface area contributed by atoms with E-state index < -0.39 is 9.84 Å². The van der Waals surface area contributed by atoms with Crippen LogP contribution in [0.15, 0.2) is 29.3 Å². The topological polar surface area (TPSA) is 86.7 Å². The predicted molar refractivity (Wildman–Crippen MR) is 138 cm³/mol.